The molecular weight excluding hydrogens is 274 g/mol. The molecule has 1 saturated carbocycles. The van der Waals surface area contributed by atoms with Crippen molar-refractivity contribution < 1.29 is 13.2 Å². The minimum Gasteiger partial charge on any atom is -0.381 e. The van der Waals surface area contributed by atoms with Gasteiger partial charge in [0.25, 0.3) is 0 Å². The van der Waals surface area contributed by atoms with Gasteiger partial charge < -0.3 is 10.1 Å². The maximum absolute atomic E-state index is 11.8. The molecule has 2 unspecified atom stereocenters. The molecule has 20 heavy (non-hydrogen) atoms. The van der Waals surface area contributed by atoms with E-state index in [1.165, 1.54) is 6.26 Å². The van der Waals surface area contributed by atoms with Gasteiger partial charge >= 0.3 is 0 Å². The molecule has 1 aliphatic rings. The largest absolute Gasteiger partial charge is 0.381 e. The number of ether oxygens (including phenoxy) is 1. The van der Waals surface area contributed by atoms with Crippen LogP contribution in [0.15, 0.2) is 24.3 Å². The Morgan fingerprint density at radius 2 is 2.05 bits per heavy atom. The van der Waals surface area contributed by atoms with Crippen LogP contribution in [0.3, 0.4) is 0 Å². The smallest absolute Gasteiger partial charge is 0.152 e. The highest BCUT2D eigenvalue weighted by Crippen LogP contribution is 2.29. The molecular formula is C15H23NO3S. The summed E-state index contributed by atoms with van der Waals surface area (Å²) in [7, 11) is -3.00. The second-order valence-corrected chi connectivity index (χ2v) is 7.61. The molecule has 0 spiro atoms. The van der Waals surface area contributed by atoms with Crippen LogP contribution in [0.4, 0.5) is 5.69 Å². The van der Waals surface area contributed by atoms with Crippen molar-refractivity contribution in [2.75, 3.05) is 18.2 Å². The number of para-hydroxylation sites is 1. The van der Waals surface area contributed by atoms with Gasteiger partial charge in [0.2, 0.25) is 0 Å². The molecule has 0 amide bonds. The number of hydrogen-bond acceptors (Lipinski definition) is 4. The molecule has 0 aromatic heterocycles. The number of nitrogens with one attached hydrogen (secondary N) is 1. The maximum Gasteiger partial charge on any atom is 0.152 e. The zero-order chi connectivity index (χ0) is 14.6. The molecule has 1 aromatic carbocycles. The van der Waals surface area contributed by atoms with E-state index in [0.29, 0.717) is 13.2 Å². The Morgan fingerprint density at radius 3 is 2.75 bits per heavy atom. The third kappa shape index (κ3) is 3.73. The Morgan fingerprint density at radius 1 is 1.30 bits per heavy atom. The second kappa shape index (κ2) is 6.59. The SMILES string of the molecule is CCOCc1ccccc1NC1CCCC1S(C)(=O)=O. The van der Waals surface area contributed by atoms with Crippen molar-refractivity contribution in [1.29, 1.82) is 0 Å². The van der Waals surface area contributed by atoms with Gasteiger partial charge in [-0.3, -0.25) is 0 Å². The topological polar surface area (TPSA) is 55.4 Å². The Bertz CT molecular complexity index is 542. The quantitative estimate of drug-likeness (QED) is 0.877. The second-order valence-electron chi connectivity index (χ2n) is 5.34. The van der Waals surface area contributed by atoms with Crippen LogP contribution in [0.2, 0.25) is 0 Å². The lowest BCUT2D eigenvalue weighted by Crippen LogP contribution is -2.34. The summed E-state index contributed by atoms with van der Waals surface area (Å²) in [6.07, 6.45) is 3.96. The molecule has 1 N–H and O–H groups in total. The first kappa shape index (κ1) is 15.3. The van der Waals surface area contributed by atoms with Crippen molar-refractivity contribution in [1.82, 2.24) is 0 Å². The van der Waals surface area contributed by atoms with E-state index in [-0.39, 0.29) is 11.3 Å². The van der Waals surface area contributed by atoms with Crippen molar-refractivity contribution >= 4 is 15.5 Å². The monoisotopic (exact) mass is 297 g/mol. The molecule has 5 heteroatoms. The number of benzene rings is 1. The third-order valence-corrected chi connectivity index (χ3v) is 5.49. The number of rotatable bonds is 6. The van der Waals surface area contributed by atoms with Gasteiger partial charge in [-0.05, 0) is 32.3 Å². The van der Waals surface area contributed by atoms with Gasteiger partial charge in [0.05, 0.1) is 11.9 Å². The van der Waals surface area contributed by atoms with E-state index in [2.05, 4.69) is 5.32 Å². The number of anilines is 1. The van der Waals surface area contributed by atoms with Gasteiger partial charge in [0.15, 0.2) is 9.84 Å². The Balaban J connectivity index is 2.13. The highest BCUT2D eigenvalue weighted by molar-refractivity contribution is 7.91. The Kier molecular flexibility index (Phi) is 5.05. The van der Waals surface area contributed by atoms with Crippen LogP contribution in [0.25, 0.3) is 0 Å². The molecule has 0 bridgehead atoms. The lowest BCUT2D eigenvalue weighted by molar-refractivity contribution is 0.134. The van der Waals surface area contributed by atoms with Crippen LogP contribution in [-0.4, -0.2) is 32.6 Å². The van der Waals surface area contributed by atoms with E-state index >= 15 is 0 Å². The molecule has 1 fully saturated rings. The van der Waals surface area contributed by atoms with Crippen molar-refractivity contribution in [3.05, 3.63) is 29.8 Å². The molecule has 0 saturated heterocycles. The highest BCUT2D eigenvalue weighted by Gasteiger charge is 2.34. The minimum absolute atomic E-state index is 0.00720. The first-order valence-corrected chi connectivity index (χ1v) is 9.09. The summed E-state index contributed by atoms with van der Waals surface area (Å²) in [5, 5.41) is 3.14. The van der Waals surface area contributed by atoms with Crippen LogP contribution in [0.5, 0.6) is 0 Å². The van der Waals surface area contributed by atoms with E-state index in [4.69, 9.17) is 4.74 Å². The molecule has 2 rings (SSSR count). The van der Waals surface area contributed by atoms with Crippen LogP contribution in [-0.2, 0) is 21.2 Å². The third-order valence-electron chi connectivity index (χ3n) is 3.82. The highest BCUT2D eigenvalue weighted by atomic mass is 32.2. The van der Waals surface area contributed by atoms with Crippen LogP contribution >= 0.6 is 0 Å². The Labute approximate surface area is 121 Å². The predicted molar refractivity (Wildman–Crippen MR) is 81.7 cm³/mol. The van der Waals surface area contributed by atoms with Gasteiger partial charge in [0.1, 0.15) is 0 Å². The van der Waals surface area contributed by atoms with Gasteiger partial charge in [-0.15, -0.1) is 0 Å². The summed E-state index contributed by atoms with van der Waals surface area (Å²) < 4.78 is 29.1. The fraction of sp³-hybridized carbons (Fsp3) is 0.600. The summed E-state index contributed by atoms with van der Waals surface area (Å²) in [5.74, 6) is 0. The van der Waals surface area contributed by atoms with Crippen LogP contribution in [0.1, 0.15) is 31.7 Å². The normalized spacial score (nSPS) is 22.9. The molecule has 1 aliphatic carbocycles. The van der Waals surface area contributed by atoms with Gasteiger partial charge in [-0.2, -0.15) is 0 Å². The van der Waals surface area contributed by atoms with E-state index in [0.717, 1.165) is 30.5 Å². The summed E-state index contributed by atoms with van der Waals surface area (Å²) in [4.78, 5) is 0. The fourth-order valence-electron chi connectivity index (χ4n) is 2.80. The molecule has 2 atom stereocenters. The number of hydrogen-bond donors (Lipinski definition) is 1. The summed E-state index contributed by atoms with van der Waals surface area (Å²) in [5.41, 5.74) is 2.06. The van der Waals surface area contributed by atoms with E-state index in [1.54, 1.807) is 0 Å². The first-order chi connectivity index (χ1) is 9.52. The average molecular weight is 297 g/mol. The summed E-state index contributed by atoms with van der Waals surface area (Å²) >= 11 is 0. The van der Waals surface area contributed by atoms with E-state index in [9.17, 15) is 8.42 Å². The van der Waals surface area contributed by atoms with Gasteiger partial charge in [-0.25, -0.2) is 8.42 Å². The summed E-state index contributed by atoms with van der Waals surface area (Å²) in [6.45, 7) is 3.19. The molecule has 0 heterocycles. The molecule has 0 aliphatic heterocycles. The molecule has 1 aromatic rings. The van der Waals surface area contributed by atoms with E-state index in [1.807, 2.05) is 31.2 Å². The predicted octanol–water partition coefficient (Wildman–Crippen LogP) is 2.60. The maximum atomic E-state index is 11.8. The number of sulfone groups is 1. The molecule has 112 valence electrons. The standard InChI is InChI=1S/C15H23NO3S/c1-3-19-11-12-7-4-5-8-13(12)16-14-9-6-10-15(14)20(2,17)18/h4-5,7-8,14-16H,3,6,9-11H2,1-2H3. The van der Waals surface area contributed by atoms with Gasteiger partial charge in [0, 0.05) is 30.2 Å². The summed E-state index contributed by atoms with van der Waals surface area (Å²) in [6, 6.07) is 7.95. The average Bonchev–Trinajstić information content (AvgIpc) is 2.86. The van der Waals surface area contributed by atoms with Crippen molar-refractivity contribution in [3.8, 4) is 0 Å². The van der Waals surface area contributed by atoms with E-state index < -0.39 is 9.84 Å². The van der Waals surface area contributed by atoms with Crippen molar-refractivity contribution in [3.63, 3.8) is 0 Å². The zero-order valence-corrected chi connectivity index (χ0v) is 12.9. The molecule has 0 radical (unpaired) electrons. The fourth-order valence-corrected chi connectivity index (χ4v) is 4.20. The minimum atomic E-state index is -3.00. The van der Waals surface area contributed by atoms with Crippen LogP contribution < -0.4 is 5.32 Å². The van der Waals surface area contributed by atoms with Crippen molar-refractivity contribution in [2.45, 2.75) is 44.1 Å². The zero-order valence-electron chi connectivity index (χ0n) is 12.1. The van der Waals surface area contributed by atoms with Gasteiger partial charge in [-0.1, -0.05) is 18.2 Å². The van der Waals surface area contributed by atoms with Crippen LogP contribution in [0, 0.1) is 0 Å². The van der Waals surface area contributed by atoms with Crippen molar-refractivity contribution in [2.24, 2.45) is 0 Å². The Hall–Kier alpha value is -1.07. The molecule has 4 nitrogen and oxygen atoms in total. The lowest BCUT2D eigenvalue weighted by Gasteiger charge is -2.22. The first-order valence-electron chi connectivity index (χ1n) is 7.13. The lowest BCUT2D eigenvalue weighted by atomic mass is 10.1.